The minimum Gasteiger partial charge on any atom is -0.397 e. The number of nitrogens with two attached hydrogens (primary N) is 1. The Bertz CT molecular complexity index is 803. The first kappa shape index (κ1) is 13.3. The molecule has 0 aliphatic carbocycles. The number of nitrogen functional groups attached to an aromatic ring is 1. The number of anilines is 2. The number of nitrogens with one attached hydrogen (secondary N) is 1. The minimum atomic E-state index is -0.585. The summed E-state index contributed by atoms with van der Waals surface area (Å²) in [5, 5.41) is 3.99. The Hall–Kier alpha value is -2.69. The van der Waals surface area contributed by atoms with Crippen LogP contribution in [-0.4, -0.2) is 4.98 Å². The van der Waals surface area contributed by atoms with Crippen LogP contribution in [0.4, 0.5) is 20.2 Å². The molecule has 0 saturated heterocycles. The summed E-state index contributed by atoms with van der Waals surface area (Å²) in [6.45, 7) is 0.250. The second-order valence-corrected chi connectivity index (χ2v) is 4.69. The van der Waals surface area contributed by atoms with Gasteiger partial charge in [-0.05, 0) is 30.3 Å². The van der Waals surface area contributed by atoms with Gasteiger partial charge in [-0.15, -0.1) is 0 Å². The van der Waals surface area contributed by atoms with Crippen molar-refractivity contribution in [3.8, 4) is 0 Å². The highest BCUT2D eigenvalue weighted by atomic mass is 19.1. The third kappa shape index (κ3) is 2.63. The van der Waals surface area contributed by atoms with Crippen LogP contribution in [0.5, 0.6) is 0 Å². The van der Waals surface area contributed by atoms with Crippen molar-refractivity contribution < 1.29 is 8.78 Å². The molecule has 3 nitrogen and oxygen atoms in total. The molecular weight excluding hydrogens is 272 g/mol. The van der Waals surface area contributed by atoms with Crippen LogP contribution in [0, 0.1) is 11.6 Å². The third-order valence-corrected chi connectivity index (χ3v) is 3.29. The van der Waals surface area contributed by atoms with Crippen LogP contribution in [-0.2, 0) is 6.54 Å². The van der Waals surface area contributed by atoms with Crippen molar-refractivity contribution >= 4 is 22.3 Å². The first-order valence-corrected chi connectivity index (χ1v) is 6.46. The lowest BCUT2D eigenvalue weighted by molar-refractivity contribution is 0.574. The molecular formula is C16H13F2N3. The number of aromatic nitrogens is 1. The lowest BCUT2D eigenvalue weighted by atomic mass is 10.1. The molecule has 0 bridgehead atoms. The van der Waals surface area contributed by atoms with E-state index >= 15 is 0 Å². The topological polar surface area (TPSA) is 50.9 Å². The van der Waals surface area contributed by atoms with Gasteiger partial charge in [0.1, 0.15) is 11.6 Å². The average molecular weight is 285 g/mol. The molecule has 0 saturated carbocycles. The van der Waals surface area contributed by atoms with E-state index in [0.29, 0.717) is 16.8 Å². The fraction of sp³-hybridized carbons (Fsp3) is 0.0625. The van der Waals surface area contributed by atoms with Crippen molar-refractivity contribution in [1.82, 2.24) is 4.98 Å². The molecule has 2 aromatic carbocycles. The molecule has 0 aliphatic rings. The second kappa shape index (κ2) is 5.36. The predicted molar refractivity (Wildman–Crippen MR) is 79.8 cm³/mol. The highest BCUT2D eigenvalue weighted by Gasteiger charge is 2.07. The predicted octanol–water partition coefficient (Wildman–Crippen LogP) is 3.71. The Kier molecular flexibility index (Phi) is 3.39. The molecule has 0 atom stereocenters. The van der Waals surface area contributed by atoms with E-state index in [9.17, 15) is 8.78 Å². The Labute approximate surface area is 120 Å². The molecule has 0 fully saturated rings. The van der Waals surface area contributed by atoms with Crippen LogP contribution >= 0.6 is 0 Å². The molecule has 0 unspecified atom stereocenters. The number of pyridine rings is 1. The fourth-order valence-corrected chi connectivity index (χ4v) is 2.20. The third-order valence-electron chi connectivity index (χ3n) is 3.29. The van der Waals surface area contributed by atoms with Crippen molar-refractivity contribution in [2.75, 3.05) is 11.1 Å². The number of nitrogens with zero attached hydrogens (tertiary/aromatic N) is 1. The highest BCUT2D eigenvalue weighted by Crippen LogP contribution is 2.27. The summed E-state index contributed by atoms with van der Waals surface area (Å²) >= 11 is 0. The summed E-state index contributed by atoms with van der Waals surface area (Å²) in [6, 6.07) is 10.8. The largest absolute Gasteiger partial charge is 0.397 e. The molecule has 3 aromatic rings. The van der Waals surface area contributed by atoms with Crippen molar-refractivity contribution in [3.05, 3.63) is 65.9 Å². The molecule has 3 N–H and O–H groups in total. The van der Waals surface area contributed by atoms with E-state index in [-0.39, 0.29) is 6.54 Å². The first-order chi connectivity index (χ1) is 10.1. The van der Waals surface area contributed by atoms with E-state index in [1.165, 1.54) is 12.1 Å². The lowest BCUT2D eigenvalue weighted by Crippen LogP contribution is -2.03. The lowest BCUT2D eigenvalue weighted by Gasteiger charge is -2.11. The van der Waals surface area contributed by atoms with Crippen molar-refractivity contribution in [2.24, 2.45) is 0 Å². The van der Waals surface area contributed by atoms with Gasteiger partial charge in [-0.3, -0.25) is 4.98 Å². The average Bonchev–Trinajstić information content (AvgIpc) is 2.48. The molecule has 21 heavy (non-hydrogen) atoms. The van der Waals surface area contributed by atoms with Crippen molar-refractivity contribution in [2.45, 2.75) is 6.54 Å². The Morgan fingerprint density at radius 1 is 1.10 bits per heavy atom. The van der Waals surface area contributed by atoms with Gasteiger partial charge in [0.2, 0.25) is 0 Å². The maximum Gasteiger partial charge on any atom is 0.131 e. The number of rotatable bonds is 3. The van der Waals surface area contributed by atoms with Gasteiger partial charge >= 0.3 is 0 Å². The van der Waals surface area contributed by atoms with Gasteiger partial charge in [-0.25, -0.2) is 8.78 Å². The number of hydrogen-bond donors (Lipinski definition) is 2. The van der Waals surface area contributed by atoms with E-state index in [1.54, 1.807) is 12.3 Å². The van der Waals surface area contributed by atoms with Crippen LogP contribution in [0.25, 0.3) is 10.9 Å². The number of halogens is 2. The quantitative estimate of drug-likeness (QED) is 0.721. The number of hydrogen-bond acceptors (Lipinski definition) is 3. The Morgan fingerprint density at radius 3 is 2.76 bits per heavy atom. The zero-order chi connectivity index (χ0) is 14.8. The standard InChI is InChI=1S/C16H13F2N3/c17-11-4-3-10(13(18)8-11)9-21-15-6-5-14(19)16-12(15)2-1-7-20-16/h1-8,21H,9,19H2. The maximum atomic E-state index is 13.6. The summed E-state index contributed by atoms with van der Waals surface area (Å²) in [6.07, 6.45) is 1.67. The molecule has 3 rings (SSSR count). The Balaban J connectivity index is 1.90. The second-order valence-electron chi connectivity index (χ2n) is 4.69. The molecule has 106 valence electrons. The highest BCUT2D eigenvalue weighted by molar-refractivity contribution is 5.98. The zero-order valence-corrected chi connectivity index (χ0v) is 11.1. The van der Waals surface area contributed by atoms with Crippen LogP contribution in [0.1, 0.15) is 5.56 Å². The molecule has 0 aliphatic heterocycles. The van der Waals surface area contributed by atoms with Crippen molar-refractivity contribution in [1.29, 1.82) is 0 Å². The maximum absolute atomic E-state index is 13.6. The summed E-state index contributed by atoms with van der Waals surface area (Å²) < 4.78 is 26.5. The van der Waals surface area contributed by atoms with Crippen LogP contribution < -0.4 is 11.1 Å². The van der Waals surface area contributed by atoms with E-state index in [0.717, 1.165) is 17.1 Å². The summed E-state index contributed by atoms with van der Waals surface area (Å²) in [7, 11) is 0. The van der Waals surface area contributed by atoms with Gasteiger partial charge in [0.05, 0.1) is 11.2 Å². The molecule has 0 spiro atoms. The van der Waals surface area contributed by atoms with Gasteiger partial charge in [0, 0.05) is 35.4 Å². The normalized spacial score (nSPS) is 10.8. The monoisotopic (exact) mass is 285 g/mol. The van der Waals surface area contributed by atoms with Crippen molar-refractivity contribution in [3.63, 3.8) is 0 Å². The van der Waals surface area contributed by atoms with Gasteiger partial charge in [0.25, 0.3) is 0 Å². The first-order valence-electron chi connectivity index (χ1n) is 6.46. The van der Waals surface area contributed by atoms with Gasteiger partial charge in [-0.1, -0.05) is 6.07 Å². The van der Waals surface area contributed by atoms with Gasteiger partial charge < -0.3 is 11.1 Å². The number of fused-ring (bicyclic) bond motifs is 1. The van der Waals surface area contributed by atoms with E-state index < -0.39 is 11.6 Å². The molecule has 1 aromatic heterocycles. The van der Waals surface area contributed by atoms with Crippen LogP contribution in [0.2, 0.25) is 0 Å². The summed E-state index contributed by atoms with van der Waals surface area (Å²) in [5.74, 6) is -1.15. The Morgan fingerprint density at radius 2 is 1.95 bits per heavy atom. The summed E-state index contributed by atoms with van der Waals surface area (Å²) in [5.41, 5.74) is 8.36. The summed E-state index contributed by atoms with van der Waals surface area (Å²) in [4.78, 5) is 4.24. The molecule has 0 amide bonds. The number of benzene rings is 2. The van der Waals surface area contributed by atoms with E-state index in [4.69, 9.17) is 5.73 Å². The van der Waals surface area contributed by atoms with Crippen LogP contribution in [0.3, 0.4) is 0 Å². The van der Waals surface area contributed by atoms with Gasteiger partial charge in [0.15, 0.2) is 0 Å². The smallest absolute Gasteiger partial charge is 0.131 e. The van der Waals surface area contributed by atoms with Crippen LogP contribution in [0.15, 0.2) is 48.7 Å². The van der Waals surface area contributed by atoms with Gasteiger partial charge in [-0.2, -0.15) is 0 Å². The molecule has 0 radical (unpaired) electrons. The minimum absolute atomic E-state index is 0.250. The molecule has 1 heterocycles. The zero-order valence-electron chi connectivity index (χ0n) is 11.1. The fourth-order valence-electron chi connectivity index (χ4n) is 2.20. The van der Waals surface area contributed by atoms with E-state index in [2.05, 4.69) is 10.3 Å². The van der Waals surface area contributed by atoms with E-state index in [1.807, 2.05) is 18.2 Å². The molecule has 5 heteroatoms. The SMILES string of the molecule is Nc1ccc(NCc2ccc(F)cc2F)c2cccnc12.